The molecule has 0 aliphatic heterocycles. The first-order chi connectivity index (χ1) is 14.6. The third-order valence-electron chi connectivity index (χ3n) is 4.49. The number of nitrogens with zero attached hydrogens (tertiary/aromatic N) is 1. The Bertz CT molecular complexity index is 1110. The zero-order valence-corrected chi connectivity index (χ0v) is 17.9. The lowest BCUT2D eigenvalue weighted by atomic mass is 10.1. The summed E-state index contributed by atoms with van der Waals surface area (Å²) in [6, 6.07) is 14.5. The summed E-state index contributed by atoms with van der Waals surface area (Å²) in [6.45, 7) is 1.99. The lowest BCUT2D eigenvalue weighted by Gasteiger charge is -2.18. The maximum absolute atomic E-state index is 12.6. The number of aromatic nitrogens is 1. The molecule has 31 heavy (non-hydrogen) atoms. The van der Waals surface area contributed by atoms with E-state index in [1.807, 2.05) is 31.2 Å². The summed E-state index contributed by atoms with van der Waals surface area (Å²) in [6.07, 6.45) is -4.34. The Morgan fingerprint density at radius 3 is 2.26 bits per heavy atom. The van der Waals surface area contributed by atoms with Crippen LogP contribution >= 0.6 is 23.2 Å². The number of para-hydroxylation sites is 2. The zero-order chi connectivity index (χ0) is 22.6. The van der Waals surface area contributed by atoms with E-state index in [-0.39, 0.29) is 28.9 Å². The van der Waals surface area contributed by atoms with E-state index >= 15 is 0 Å². The molecule has 0 saturated heterocycles. The number of alkyl halides is 3. The van der Waals surface area contributed by atoms with Crippen LogP contribution in [0.4, 0.5) is 13.2 Å². The van der Waals surface area contributed by atoms with Crippen molar-refractivity contribution in [1.29, 1.82) is 0 Å². The molecule has 2 aromatic carbocycles. The maximum atomic E-state index is 12.6. The molecule has 0 fully saturated rings. The second kappa shape index (κ2) is 9.66. The van der Waals surface area contributed by atoms with E-state index in [9.17, 15) is 18.0 Å². The zero-order valence-electron chi connectivity index (χ0n) is 16.4. The molecule has 0 amide bonds. The molecule has 3 rings (SSSR count). The van der Waals surface area contributed by atoms with Crippen molar-refractivity contribution in [3.8, 4) is 11.5 Å². The van der Waals surface area contributed by atoms with Gasteiger partial charge in [0.05, 0.1) is 10.7 Å². The summed E-state index contributed by atoms with van der Waals surface area (Å²) in [7, 11) is 0. The van der Waals surface area contributed by atoms with Gasteiger partial charge < -0.3 is 14.0 Å². The lowest BCUT2D eigenvalue weighted by molar-refractivity contribution is -0.275. The normalized spacial score (nSPS) is 11.4. The molecule has 0 saturated carbocycles. The summed E-state index contributed by atoms with van der Waals surface area (Å²) in [4.78, 5) is 12.6. The number of hydrogen-bond acceptors (Lipinski definition) is 3. The lowest BCUT2D eigenvalue weighted by Crippen LogP contribution is -2.26. The minimum Gasteiger partial charge on any atom is -0.483 e. The summed E-state index contributed by atoms with van der Waals surface area (Å²) in [5.74, 6) is -0.628. The van der Waals surface area contributed by atoms with E-state index < -0.39 is 17.7 Å². The second-order valence-corrected chi connectivity index (χ2v) is 7.58. The summed E-state index contributed by atoms with van der Waals surface area (Å²) >= 11 is 12.3. The van der Waals surface area contributed by atoms with E-state index in [4.69, 9.17) is 27.9 Å². The molecule has 4 nitrogen and oxygen atoms in total. The van der Waals surface area contributed by atoms with Crippen LogP contribution in [0.2, 0.25) is 10.0 Å². The van der Waals surface area contributed by atoms with Gasteiger partial charge in [-0.25, -0.2) is 0 Å². The van der Waals surface area contributed by atoms with Gasteiger partial charge in [-0.2, -0.15) is 0 Å². The molecule has 0 atom stereocenters. The van der Waals surface area contributed by atoms with E-state index in [1.54, 1.807) is 0 Å². The highest BCUT2D eigenvalue weighted by Gasteiger charge is 2.32. The molecule has 1 heterocycles. The van der Waals surface area contributed by atoms with Gasteiger partial charge in [-0.05, 0) is 37.1 Å². The molecular formula is C22H18Cl2F3NO3. The molecule has 0 aliphatic carbocycles. The molecule has 0 radical (unpaired) electrons. The number of aryl methyl sites for hydroxylation is 2. The third-order valence-corrected chi connectivity index (χ3v) is 5.09. The predicted octanol–water partition coefficient (Wildman–Crippen LogP) is 6.18. The van der Waals surface area contributed by atoms with Gasteiger partial charge in [-0.3, -0.25) is 4.79 Å². The van der Waals surface area contributed by atoms with E-state index in [2.05, 4.69) is 4.74 Å². The number of hydrogen-bond donors (Lipinski definition) is 0. The van der Waals surface area contributed by atoms with Crippen LogP contribution in [0.3, 0.4) is 0 Å². The quantitative estimate of drug-likeness (QED) is 0.412. The molecule has 0 spiro atoms. The van der Waals surface area contributed by atoms with Gasteiger partial charge in [-0.1, -0.05) is 65.2 Å². The monoisotopic (exact) mass is 471 g/mol. The average molecular weight is 472 g/mol. The fourth-order valence-corrected chi connectivity index (χ4v) is 3.47. The van der Waals surface area contributed by atoms with Gasteiger partial charge in [0.15, 0.2) is 11.5 Å². The van der Waals surface area contributed by atoms with Gasteiger partial charge in [0.25, 0.3) is 5.56 Å². The molecule has 3 aromatic rings. The molecule has 0 bridgehead atoms. The number of benzene rings is 2. The van der Waals surface area contributed by atoms with Crippen LogP contribution in [0.1, 0.15) is 16.8 Å². The van der Waals surface area contributed by atoms with E-state index in [0.29, 0.717) is 12.1 Å². The second-order valence-electron chi connectivity index (χ2n) is 6.76. The molecule has 0 aliphatic rings. The Hall–Kier alpha value is -2.64. The Morgan fingerprint density at radius 2 is 1.61 bits per heavy atom. The highest BCUT2D eigenvalue weighted by atomic mass is 35.5. The van der Waals surface area contributed by atoms with Gasteiger partial charge >= 0.3 is 6.36 Å². The van der Waals surface area contributed by atoms with Crippen molar-refractivity contribution < 1.29 is 22.6 Å². The molecule has 164 valence electrons. The van der Waals surface area contributed by atoms with Gasteiger partial charge in [0.1, 0.15) is 11.6 Å². The number of pyridine rings is 1. The van der Waals surface area contributed by atoms with Gasteiger partial charge in [-0.15, -0.1) is 13.2 Å². The first-order valence-corrected chi connectivity index (χ1v) is 10.0. The predicted molar refractivity (Wildman–Crippen MR) is 113 cm³/mol. The van der Waals surface area contributed by atoms with Crippen molar-refractivity contribution in [2.75, 3.05) is 0 Å². The summed E-state index contributed by atoms with van der Waals surface area (Å²) in [5, 5.41) is 0.112. The van der Waals surface area contributed by atoms with Crippen molar-refractivity contribution in [2.24, 2.45) is 0 Å². The SMILES string of the molecule is Cc1ccc(CCn2c(COc3ccccc3OC(F)(F)F)c(Cl)cc(Cl)c2=O)cc1. The third kappa shape index (κ3) is 6.18. The van der Waals surface area contributed by atoms with Gasteiger partial charge in [0.2, 0.25) is 0 Å². The molecule has 0 N–H and O–H groups in total. The van der Waals surface area contributed by atoms with Gasteiger partial charge in [0, 0.05) is 6.54 Å². The topological polar surface area (TPSA) is 40.5 Å². The Balaban J connectivity index is 1.85. The van der Waals surface area contributed by atoms with Crippen LogP contribution in [0.25, 0.3) is 0 Å². The minimum atomic E-state index is -4.87. The van der Waals surface area contributed by atoms with Crippen LogP contribution in [0, 0.1) is 6.92 Å². The molecule has 1 aromatic heterocycles. The average Bonchev–Trinajstić information content (AvgIpc) is 2.70. The van der Waals surface area contributed by atoms with Crippen molar-refractivity contribution in [3.63, 3.8) is 0 Å². The van der Waals surface area contributed by atoms with Crippen molar-refractivity contribution in [2.45, 2.75) is 32.9 Å². The fraction of sp³-hybridized carbons (Fsp3) is 0.227. The van der Waals surface area contributed by atoms with Crippen molar-refractivity contribution in [1.82, 2.24) is 4.57 Å². The Kier molecular flexibility index (Phi) is 7.18. The van der Waals surface area contributed by atoms with E-state index in [1.165, 1.54) is 28.8 Å². The smallest absolute Gasteiger partial charge is 0.483 e. The van der Waals surface area contributed by atoms with Crippen LogP contribution in [-0.4, -0.2) is 10.9 Å². The molecule has 9 heteroatoms. The van der Waals surface area contributed by atoms with Crippen LogP contribution in [-0.2, 0) is 19.6 Å². The van der Waals surface area contributed by atoms with E-state index in [0.717, 1.165) is 17.2 Å². The van der Waals surface area contributed by atoms with Crippen LogP contribution in [0.5, 0.6) is 11.5 Å². The molecule has 0 unspecified atom stereocenters. The summed E-state index contributed by atoms with van der Waals surface area (Å²) < 4.78 is 48.8. The van der Waals surface area contributed by atoms with Crippen LogP contribution < -0.4 is 15.0 Å². The van der Waals surface area contributed by atoms with Crippen LogP contribution in [0.15, 0.2) is 59.4 Å². The Morgan fingerprint density at radius 1 is 0.968 bits per heavy atom. The number of ether oxygens (including phenoxy) is 2. The largest absolute Gasteiger partial charge is 0.573 e. The highest BCUT2D eigenvalue weighted by Crippen LogP contribution is 2.32. The standard InChI is InChI=1S/C22H18Cl2F3NO3/c1-14-6-8-15(9-7-14)10-11-28-18(16(23)12-17(24)21(28)29)13-30-19-4-2-3-5-20(19)31-22(25,26)27/h2-9,12H,10-11,13H2,1H3. The molecular weight excluding hydrogens is 454 g/mol. The maximum Gasteiger partial charge on any atom is 0.573 e. The number of halogens is 5. The highest BCUT2D eigenvalue weighted by molar-refractivity contribution is 6.34. The first kappa shape index (κ1) is 23.0. The Labute approximate surface area is 186 Å². The van der Waals surface area contributed by atoms with Crippen molar-refractivity contribution in [3.05, 3.63) is 91.8 Å². The first-order valence-electron chi connectivity index (χ1n) is 9.25. The van der Waals surface area contributed by atoms with Crippen molar-refractivity contribution >= 4 is 23.2 Å². The minimum absolute atomic E-state index is 0.0570. The fourth-order valence-electron chi connectivity index (χ4n) is 2.94. The summed E-state index contributed by atoms with van der Waals surface area (Å²) in [5.41, 5.74) is 1.95. The number of rotatable bonds is 7.